The van der Waals surface area contributed by atoms with E-state index in [9.17, 15) is 5.11 Å². The zero-order chi connectivity index (χ0) is 8.29. The Morgan fingerprint density at radius 1 is 1.33 bits per heavy atom. The van der Waals surface area contributed by atoms with Crippen molar-refractivity contribution in [2.24, 2.45) is 23.7 Å². The standard InChI is InChI=1S/C10H11BrO/c11-8-4-7-5-1-2-6(3-5)9(7)10(8)12/h1-2,4-7,9-10,12H,3H2/t5?,6?,7-,9+,10+/m0/s1. The fraction of sp³-hybridized carbons (Fsp3) is 0.600. The average Bonchev–Trinajstić information content (AvgIpc) is 2.66. The predicted octanol–water partition coefficient (Wildman–Crippen LogP) is 2.08. The lowest BCUT2D eigenvalue weighted by Gasteiger charge is -2.22. The Labute approximate surface area is 80.3 Å². The molecule has 0 spiro atoms. The molecule has 0 amide bonds. The molecule has 2 bridgehead atoms. The fourth-order valence-electron chi connectivity index (χ4n) is 3.04. The van der Waals surface area contributed by atoms with Gasteiger partial charge < -0.3 is 5.11 Å². The maximum absolute atomic E-state index is 9.84. The van der Waals surface area contributed by atoms with Gasteiger partial charge in [-0.15, -0.1) is 0 Å². The van der Waals surface area contributed by atoms with E-state index in [0.717, 1.165) is 4.48 Å². The van der Waals surface area contributed by atoms with Gasteiger partial charge in [0.2, 0.25) is 0 Å². The lowest BCUT2D eigenvalue weighted by atomic mass is 9.84. The van der Waals surface area contributed by atoms with E-state index in [2.05, 4.69) is 34.2 Å². The molecule has 1 saturated carbocycles. The number of hydrogen-bond acceptors (Lipinski definition) is 1. The van der Waals surface area contributed by atoms with Gasteiger partial charge in [0.25, 0.3) is 0 Å². The van der Waals surface area contributed by atoms with Crippen LogP contribution in [-0.4, -0.2) is 11.2 Å². The normalized spacial score (nSPS) is 54.5. The van der Waals surface area contributed by atoms with E-state index in [-0.39, 0.29) is 6.10 Å². The van der Waals surface area contributed by atoms with Crippen molar-refractivity contribution in [2.75, 3.05) is 0 Å². The Bertz CT molecular complexity index is 282. The smallest absolute Gasteiger partial charge is 0.0891 e. The molecule has 1 N–H and O–H groups in total. The number of hydrogen-bond donors (Lipinski definition) is 1. The largest absolute Gasteiger partial charge is 0.388 e. The number of allylic oxidation sites excluding steroid dienone is 3. The Balaban J connectivity index is 2.01. The molecule has 3 rings (SSSR count). The first kappa shape index (κ1) is 7.34. The van der Waals surface area contributed by atoms with E-state index in [1.54, 1.807) is 0 Å². The first-order valence-corrected chi connectivity index (χ1v) is 5.30. The second-order valence-electron chi connectivity index (χ2n) is 4.10. The van der Waals surface area contributed by atoms with Crippen LogP contribution in [0.1, 0.15) is 6.42 Å². The van der Waals surface area contributed by atoms with Crippen LogP contribution in [0, 0.1) is 23.7 Å². The zero-order valence-electron chi connectivity index (χ0n) is 6.65. The molecule has 0 heterocycles. The summed E-state index contributed by atoms with van der Waals surface area (Å²) < 4.78 is 1.01. The SMILES string of the molecule is O[C@@H]1C(Br)=C[C@H]2C3C=CC(C3)[C@@H]12. The molecule has 2 heteroatoms. The summed E-state index contributed by atoms with van der Waals surface area (Å²) in [7, 11) is 0. The molecular formula is C10H11BrO. The molecule has 0 radical (unpaired) electrons. The minimum absolute atomic E-state index is 0.227. The van der Waals surface area contributed by atoms with E-state index >= 15 is 0 Å². The van der Waals surface area contributed by atoms with Crippen molar-refractivity contribution in [3.8, 4) is 0 Å². The fourth-order valence-corrected chi connectivity index (χ4v) is 3.65. The van der Waals surface area contributed by atoms with Crippen molar-refractivity contribution in [3.63, 3.8) is 0 Å². The van der Waals surface area contributed by atoms with Gasteiger partial charge in [0.15, 0.2) is 0 Å². The first-order chi connectivity index (χ1) is 5.77. The van der Waals surface area contributed by atoms with Crippen LogP contribution < -0.4 is 0 Å². The van der Waals surface area contributed by atoms with Crippen molar-refractivity contribution in [1.82, 2.24) is 0 Å². The van der Waals surface area contributed by atoms with Crippen molar-refractivity contribution in [3.05, 3.63) is 22.7 Å². The summed E-state index contributed by atoms with van der Waals surface area (Å²) in [6.07, 6.45) is 7.86. The summed E-state index contributed by atoms with van der Waals surface area (Å²) >= 11 is 3.43. The molecule has 0 aromatic rings. The minimum Gasteiger partial charge on any atom is -0.388 e. The van der Waals surface area contributed by atoms with Crippen molar-refractivity contribution in [1.29, 1.82) is 0 Å². The van der Waals surface area contributed by atoms with Gasteiger partial charge in [0, 0.05) is 10.4 Å². The maximum Gasteiger partial charge on any atom is 0.0891 e. The number of halogens is 1. The molecule has 3 aliphatic rings. The molecule has 3 aliphatic carbocycles. The molecule has 1 fully saturated rings. The number of aliphatic hydroxyl groups is 1. The van der Waals surface area contributed by atoms with Gasteiger partial charge in [-0.25, -0.2) is 0 Å². The van der Waals surface area contributed by atoms with Crippen LogP contribution in [0.15, 0.2) is 22.7 Å². The summed E-state index contributed by atoms with van der Waals surface area (Å²) in [5.74, 6) is 2.45. The van der Waals surface area contributed by atoms with E-state index < -0.39 is 0 Å². The topological polar surface area (TPSA) is 20.2 Å². The van der Waals surface area contributed by atoms with Crippen molar-refractivity contribution >= 4 is 15.9 Å². The zero-order valence-corrected chi connectivity index (χ0v) is 8.24. The third-order valence-electron chi connectivity index (χ3n) is 3.58. The van der Waals surface area contributed by atoms with E-state index in [1.165, 1.54) is 6.42 Å². The van der Waals surface area contributed by atoms with Crippen LogP contribution in [-0.2, 0) is 0 Å². The van der Waals surface area contributed by atoms with Gasteiger partial charge in [-0.2, -0.15) is 0 Å². The highest BCUT2D eigenvalue weighted by molar-refractivity contribution is 9.11. The van der Waals surface area contributed by atoms with Crippen LogP contribution >= 0.6 is 15.9 Å². The molecule has 0 aromatic carbocycles. The number of aliphatic hydroxyl groups excluding tert-OH is 1. The summed E-state index contributed by atoms with van der Waals surface area (Å²) in [6.45, 7) is 0. The van der Waals surface area contributed by atoms with Crippen LogP contribution in [0.3, 0.4) is 0 Å². The average molecular weight is 227 g/mol. The Hall–Kier alpha value is -0.0800. The Morgan fingerprint density at radius 3 is 2.83 bits per heavy atom. The summed E-state index contributed by atoms with van der Waals surface area (Å²) in [6, 6.07) is 0. The first-order valence-electron chi connectivity index (χ1n) is 4.51. The Morgan fingerprint density at radius 2 is 2.08 bits per heavy atom. The van der Waals surface area contributed by atoms with Gasteiger partial charge in [0.1, 0.15) is 0 Å². The van der Waals surface area contributed by atoms with E-state index in [1.807, 2.05) is 0 Å². The van der Waals surface area contributed by atoms with Crippen LogP contribution in [0.4, 0.5) is 0 Å². The molecular weight excluding hydrogens is 216 g/mol. The van der Waals surface area contributed by atoms with Gasteiger partial charge in [0.05, 0.1) is 6.10 Å². The quantitative estimate of drug-likeness (QED) is 0.628. The molecule has 0 aliphatic heterocycles. The van der Waals surface area contributed by atoms with Gasteiger partial charge in [-0.1, -0.05) is 34.2 Å². The highest BCUT2D eigenvalue weighted by Crippen LogP contribution is 2.55. The van der Waals surface area contributed by atoms with Crippen LogP contribution in [0.5, 0.6) is 0 Å². The lowest BCUT2D eigenvalue weighted by Crippen LogP contribution is -2.24. The lowest BCUT2D eigenvalue weighted by molar-refractivity contribution is 0.130. The van der Waals surface area contributed by atoms with Crippen molar-refractivity contribution in [2.45, 2.75) is 12.5 Å². The van der Waals surface area contributed by atoms with E-state index in [0.29, 0.717) is 23.7 Å². The van der Waals surface area contributed by atoms with Gasteiger partial charge >= 0.3 is 0 Å². The molecule has 12 heavy (non-hydrogen) atoms. The second kappa shape index (κ2) is 2.24. The van der Waals surface area contributed by atoms with Crippen LogP contribution in [0.2, 0.25) is 0 Å². The van der Waals surface area contributed by atoms with Gasteiger partial charge in [-0.05, 0) is 24.2 Å². The molecule has 0 saturated heterocycles. The minimum atomic E-state index is -0.227. The summed E-state index contributed by atoms with van der Waals surface area (Å²) in [5.41, 5.74) is 0. The van der Waals surface area contributed by atoms with E-state index in [4.69, 9.17) is 0 Å². The van der Waals surface area contributed by atoms with Gasteiger partial charge in [-0.3, -0.25) is 0 Å². The molecule has 5 atom stereocenters. The Kier molecular flexibility index (Phi) is 1.37. The summed E-state index contributed by atoms with van der Waals surface area (Å²) in [4.78, 5) is 0. The highest BCUT2D eigenvalue weighted by Gasteiger charge is 2.50. The third kappa shape index (κ3) is 0.728. The molecule has 1 nitrogen and oxygen atoms in total. The third-order valence-corrected chi connectivity index (χ3v) is 4.32. The predicted molar refractivity (Wildman–Crippen MR) is 50.7 cm³/mol. The second-order valence-corrected chi connectivity index (χ2v) is 5.02. The maximum atomic E-state index is 9.84. The number of rotatable bonds is 0. The summed E-state index contributed by atoms with van der Waals surface area (Å²) in [5, 5.41) is 9.84. The molecule has 2 unspecified atom stereocenters. The number of fused-ring (bicyclic) bond motifs is 5. The molecule has 64 valence electrons. The van der Waals surface area contributed by atoms with Crippen molar-refractivity contribution < 1.29 is 5.11 Å². The monoisotopic (exact) mass is 226 g/mol. The highest BCUT2D eigenvalue weighted by atomic mass is 79.9. The van der Waals surface area contributed by atoms with Crippen LogP contribution in [0.25, 0.3) is 0 Å². The molecule has 0 aromatic heterocycles.